The molecule has 1 heterocycles. The normalized spacial score (nSPS) is 10.5. The molecule has 0 aliphatic carbocycles. The van der Waals surface area contributed by atoms with Gasteiger partial charge in [0.2, 0.25) is 0 Å². The van der Waals surface area contributed by atoms with Crippen LogP contribution < -0.4 is 9.47 Å². The van der Waals surface area contributed by atoms with Crippen molar-refractivity contribution in [1.82, 2.24) is 4.98 Å². The van der Waals surface area contributed by atoms with E-state index in [0.29, 0.717) is 0 Å². The van der Waals surface area contributed by atoms with Crippen molar-refractivity contribution >= 4 is 10.9 Å². The molecule has 1 aromatic heterocycles. The molecule has 90 valence electrons. The van der Waals surface area contributed by atoms with Crippen LogP contribution in [-0.4, -0.2) is 12.1 Å². The lowest BCUT2D eigenvalue weighted by Gasteiger charge is -2.06. The smallest absolute Gasteiger partial charge is 0.152 e. The molecule has 0 saturated heterocycles. The molecule has 3 nitrogen and oxygen atoms in total. The lowest BCUT2D eigenvalue weighted by atomic mass is 10.2. The van der Waals surface area contributed by atoms with Gasteiger partial charge in [0.05, 0.1) is 7.11 Å². The van der Waals surface area contributed by atoms with Crippen molar-refractivity contribution in [2.24, 2.45) is 0 Å². The van der Waals surface area contributed by atoms with Crippen LogP contribution in [0.1, 0.15) is 0 Å². The second kappa shape index (κ2) is 4.45. The van der Waals surface area contributed by atoms with Crippen LogP contribution in [0.25, 0.3) is 10.9 Å². The molecule has 0 aliphatic rings. The number of aromatic amines is 1. The average Bonchev–Trinajstić information content (AvgIpc) is 2.83. The number of para-hydroxylation sites is 1. The Hall–Kier alpha value is -2.42. The third-order valence-electron chi connectivity index (χ3n) is 2.82. The van der Waals surface area contributed by atoms with E-state index in [1.54, 1.807) is 7.11 Å². The minimum atomic E-state index is 0.763. The van der Waals surface area contributed by atoms with Crippen LogP contribution >= 0.6 is 0 Å². The largest absolute Gasteiger partial charge is 0.497 e. The van der Waals surface area contributed by atoms with Crippen molar-refractivity contribution in [2.45, 2.75) is 0 Å². The van der Waals surface area contributed by atoms with Crippen LogP contribution in [0, 0.1) is 0 Å². The van der Waals surface area contributed by atoms with Crippen LogP contribution in [0.3, 0.4) is 0 Å². The Balaban J connectivity index is 1.96. The molecule has 3 aromatic rings. The zero-order chi connectivity index (χ0) is 12.4. The molecule has 2 aromatic carbocycles. The summed E-state index contributed by atoms with van der Waals surface area (Å²) in [6, 6.07) is 15.6. The number of hydrogen-bond donors (Lipinski definition) is 1. The Morgan fingerprint density at radius 3 is 2.67 bits per heavy atom. The number of methoxy groups -OCH3 is 1. The summed E-state index contributed by atoms with van der Waals surface area (Å²) in [6.07, 6.45) is 1.87. The maximum absolute atomic E-state index is 5.86. The van der Waals surface area contributed by atoms with Gasteiger partial charge in [0.1, 0.15) is 11.5 Å². The first-order valence-corrected chi connectivity index (χ1v) is 5.75. The molecule has 0 unspecified atom stereocenters. The van der Waals surface area contributed by atoms with Crippen molar-refractivity contribution in [3.05, 3.63) is 54.7 Å². The summed E-state index contributed by atoms with van der Waals surface area (Å²) in [5.41, 5.74) is 1.07. The average molecular weight is 239 g/mol. The van der Waals surface area contributed by atoms with Gasteiger partial charge in [-0.15, -0.1) is 0 Å². The van der Waals surface area contributed by atoms with Crippen molar-refractivity contribution in [1.29, 1.82) is 0 Å². The van der Waals surface area contributed by atoms with Crippen LogP contribution in [0.15, 0.2) is 54.7 Å². The second-order valence-corrected chi connectivity index (χ2v) is 3.98. The predicted octanol–water partition coefficient (Wildman–Crippen LogP) is 3.97. The van der Waals surface area contributed by atoms with E-state index < -0.39 is 0 Å². The molecule has 3 rings (SSSR count). The van der Waals surface area contributed by atoms with Gasteiger partial charge in [0.25, 0.3) is 0 Å². The van der Waals surface area contributed by atoms with Crippen LogP contribution in [-0.2, 0) is 0 Å². The van der Waals surface area contributed by atoms with Gasteiger partial charge in [-0.05, 0) is 24.3 Å². The minimum Gasteiger partial charge on any atom is -0.497 e. The summed E-state index contributed by atoms with van der Waals surface area (Å²) in [5, 5.41) is 1.07. The molecule has 18 heavy (non-hydrogen) atoms. The third kappa shape index (κ3) is 1.91. The Kier molecular flexibility index (Phi) is 2.65. The zero-order valence-electron chi connectivity index (χ0n) is 10.0. The minimum absolute atomic E-state index is 0.763. The van der Waals surface area contributed by atoms with E-state index in [-0.39, 0.29) is 0 Å². The molecule has 0 bridgehead atoms. The van der Waals surface area contributed by atoms with Crippen molar-refractivity contribution in [2.75, 3.05) is 7.11 Å². The molecule has 0 atom stereocenters. The number of hydrogen-bond acceptors (Lipinski definition) is 2. The molecule has 0 amide bonds. The zero-order valence-corrected chi connectivity index (χ0v) is 10.0. The van der Waals surface area contributed by atoms with E-state index in [9.17, 15) is 0 Å². The number of benzene rings is 2. The van der Waals surface area contributed by atoms with Crippen LogP contribution in [0.5, 0.6) is 17.2 Å². The molecular formula is C15H13NO2. The Morgan fingerprint density at radius 1 is 0.944 bits per heavy atom. The molecule has 0 fully saturated rings. The highest BCUT2D eigenvalue weighted by molar-refractivity contribution is 5.86. The lowest BCUT2D eigenvalue weighted by Crippen LogP contribution is -1.85. The maximum atomic E-state index is 5.86. The predicted molar refractivity (Wildman–Crippen MR) is 71.4 cm³/mol. The number of fused-ring (bicyclic) bond motifs is 1. The van der Waals surface area contributed by atoms with E-state index in [4.69, 9.17) is 9.47 Å². The quantitative estimate of drug-likeness (QED) is 0.750. The fraction of sp³-hybridized carbons (Fsp3) is 0.0667. The van der Waals surface area contributed by atoms with Gasteiger partial charge in [-0.25, -0.2) is 0 Å². The van der Waals surface area contributed by atoms with Gasteiger partial charge >= 0.3 is 0 Å². The number of H-pyrrole nitrogens is 1. The van der Waals surface area contributed by atoms with E-state index in [1.807, 2.05) is 54.7 Å². The summed E-state index contributed by atoms with van der Waals surface area (Å²) >= 11 is 0. The number of ether oxygens (including phenoxy) is 2. The maximum Gasteiger partial charge on any atom is 0.152 e. The van der Waals surface area contributed by atoms with Gasteiger partial charge in [-0.1, -0.05) is 18.2 Å². The monoisotopic (exact) mass is 239 g/mol. The molecule has 3 heteroatoms. The highest BCUT2D eigenvalue weighted by atomic mass is 16.5. The van der Waals surface area contributed by atoms with E-state index in [2.05, 4.69) is 4.98 Å². The summed E-state index contributed by atoms with van der Waals surface area (Å²) in [5.74, 6) is 2.37. The molecule has 1 N–H and O–H groups in total. The molecule has 0 radical (unpaired) electrons. The number of rotatable bonds is 3. The highest BCUT2D eigenvalue weighted by Gasteiger charge is 2.05. The van der Waals surface area contributed by atoms with Crippen LogP contribution in [0.4, 0.5) is 0 Å². The fourth-order valence-corrected chi connectivity index (χ4v) is 1.92. The number of aromatic nitrogens is 1. The van der Waals surface area contributed by atoms with E-state index >= 15 is 0 Å². The van der Waals surface area contributed by atoms with Gasteiger partial charge in [-0.2, -0.15) is 0 Å². The number of nitrogens with one attached hydrogen (secondary N) is 1. The van der Waals surface area contributed by atoms with Crippen molar-refractivity contribution in [3.8, 4) is 17.2 Å². The van der Waals surface area contributed by atoms with Gasteiger partial charge < -0.3 is 14.5 Å². The van der Waals surface area contributed by atoms with E-state index in [1.165, 1.54) is 0 Å². The summed E-state index contributed by atoms with van der Waals surface area (Å²) in [7, 11) is 1.64. The Labute approximate surface area is 105 Å². The molecular weight excluding hydrogens is 226 g/mol. The standard InChI is InChI=1S/C15H13NO2/c1-17-11-5-4-6-12(9-11)18-15-10-16-14-8-3-2-7-13(14)15/h2-10,16H,1H3. The van der Waals surface area contributed by atoms with Crippen molar-refractivity contribution < 1.29 is 9.47 Å². The third-order valence-corrected chi connectivity index (χ3v) is 2.82. The topological polar surface area (TPSA) is 34.2 Å². The second-order valence-electron chi connectivity index (χ2n) is 3.98. The van der Waals surface area contributed by atoms with Gasteiger partial charge in [0.15, 0.2) is 5.75 Å². The first-order chi connectivity index (χ1) is 8.86. The lowest BCUT2D eigenvalue weighted by molar-refractivity contribution is 0.409. The Bertz CT molecular complexity index is 673. The first-order valence-electron chi connectivity index (χ1n) is 5.75. The highest BCUT2D eigenvalue weighted by Crippen LogP contribution is 2.30. The summed E-state index contributed by atoms with van der Waals surface area (Å²) < 4.78 is 11.0. The molecule has 0 aliphatic heterocycles. The summed E-state index contributed by atoms with van der Waals surface area (Å²) in [4.78, 5) is 3.18. The fourth-order valence-electron chi connectivity index (χ4n) is 1.92. The SMILES string of the molecule is COc1cccc(Oc2c[nH]c3ccccc23)c1. The van der Waals surface area contributed by atoms with Gasteiger partial charge in [-0.3, -0.25) is 0 Å². The van der Waals surface area contributed by atoms with Crippen LogP contribution in [0.2, 0.25) is 0 Å². The van der Waals surface area contributed by atoms with Gasteiger partial charge in [0, 0.05) is 23.2 Å². The Morgan fingerprint density at radius 2 is 1.78 bits per heavy atom. The van der Waals surface area contributed by atoms with Crippen molar-refractivity contribution in [3.63, 3.8) is 0 Å². The first kappa shape index (κ1) is 10.7. The molecule has 0 spiro atoms. The molecule has 0 saturated carbocycles. The summed E-state index contributed by atoms with van der Waals surface area (Å²) in [6.45, 7) is 0. The van der Waals surface area contributed by atoms with E-state index in [0.717, 1.165) is 28.2 Å².